The van der Waals surface area contributed by atoms with E-state index in [9.17, 15) is 0 Å². The molecule has 0 aliphatic heterocycles. The van der Waals surface area contributed by atoms with Crippen LogP contribution in [0.4, 0.5) is 0 Å². The third kappa shape index (κ3) is 3.97. The van der Waals surface area contributed by atoms with Crippen molar-refractivity contribution in [2.24, 2.45) is 0 Å². The first kappa shape index (κ1) is 13.2. The number of nitrogens with one attached hydrogen (secondary N) is 1. The first-order chi connectivity index (χ1) is 7.81. The van der Waals surface area contributed by atoms with Gasteiger partial charge in [-0.05, 0) is 33.2 Å². The number of hydrogen-bond donors (Lipinski definition) is 1. The molecule has 1 N–H and O–H groups in total. The Kier molecular flexibility index (Phi) is 6.16. The van der Waals surface area contributed by atoms with Crippen molar-refractivity contribution in [3.05, 3.63) is 18.2 Å². The molecule has 0 saturated carbocycles. The zero-order valence-corrected chi connectivity index (χ0v) is 10.9. The lowest BCUT2D eigenvalue weighted by Gasteiger charge is -2.14. The predicted molar refractivity (Wildman–Crippen MR) is 68.6 cm³/mol. The molecule has 1 heterocycles. The number of rotatable bonds is 8. The summed E-state index contributed by atoms with van der Waals surface area (Å²) >= 11 is 0. The monoisotopic (exact) mass is 223 g/mol. The summed E-state index contributed by atoms with van der Waals surface area (Å²) in [7, 11) is 2.06. The van der Waals surface area contributed by atoms with Gasteiger partial charge >= 0.3 is 0 Å². The number of hydrogen-bond acceptors (Lipinski definition) is 2. The van der Waals surface area contributed by atoms with Crippen LogP contribution < -0.4 is 5.32 Å². The molecule has 92 valence electrons. The first-order valence-electron chi connectivity index (χ1n) is 6.49. The molecule has 0 radical (unpaired) electrons. The van der Waals surface area contributed by atoms with Crippen LogP contribution in [0.3, 0.4) is 0 Å². The van der Waals surface area contributed by atoms with E-state index in [1.165, 1.54) is 31.5 Å². The molecular formula is C13H25N3. The molecule has 0 aliphatic rings. The number of imidazole rings is 1. The number of nitrogens with zero attached hydrogens (tertiary/aromatic N) is 2. The minimum Gasteiger partial charge on any atom is -0.335 e. The average Bonchev–Trinajstić information content (AvgIpc) is 2.75. The van der Waals surface area contributed by atoms with Crippen LogP contribution in [0.1, 0.15) is 45.4 Å². The highest BCUT2D eigenvalue weighted by Gasteiger charge is 2.06. The molecule has 0 fully saturated rings. The Morgan fingerprint density at radius 2 is 2.19 bits per heavy atom. The largest absolute Gasteiger partial charge is 0.335 e. The van der Waals surface area contributed by atoms with E-state index in [1.807, 2.05) is 6.20 Å². The molecule has 0 aliphatic carbocycles. The smallest absolute Gasteiger partial charge is 0.108 e. The lowest BCUT2D eigenvalue weighted by Crippen LogP contribution is -2.24. The maximum atomic E-state index is 4.40. The lowest BCUT2D eigenvalue weighted by atomic mass is 10.1. The Balaban J connectivity index is 2.29. The Labute approximate surface area is 99.3 Å². The summed E-state index contributed by atoms with van der Waals surface area (Å²) < 4.78 is 2.23. The first-order valence-corrected chi connectivity index (χ1v) is 6.49. The standard InChI is InChI=1S/C13H25N3/c1-4-7-12(14-3)8-6-9-13-15-10-11-16(13)5-2/h10-12,14H,4-9H2,1-3H3. The molecule has 1 aromatic rings. The molecule has 16 heavy (non-hydrogen) atoms. The molecule has 0 bridgehead atoms. The van der Waals surface area contributed by atoms with Gasteiger partial charge in [-0.1, -0.05) is 13.3 Å². The van der Waals surface area contributed by atoms with Crippen LogP contribution in [-0.4, -0.2) is 22.6 Å². The van der Waals surface area contributed by atoms with Gasteiger partial charge in [0.05, 0.1) is 0 Å². The van der Waals surface area contributed by atoms with Crippen LogP contribution in [-0.2, 0) is 13.0 Å². The molecule has 0 saturated heterocycles. The van der Waals surface area contributed by atoms with E-state index in [0.29, 0.717) is 6.04 Å². The molecule has 3 nitrogen and oxygen atoms in total. The third-order valence-corrected chi connectivity index (χ3v) is 3.14. The molecule has 0 spiro atoms. The predicted octanol–water partition coefficient (Wildman–Crippen LogP) is 2.61. The van der Waals surface area contributed by atoms with E-state index in [4.69, 9.17) is 0 Å². The molecule has 1 unspecified atom stereocenters. The van der Waals surface area contributed by atoms with Crippen LogP contribution in [0.2, 0.25) is 0 Å². The zero-order chi connectivity index (χ0) is 11.8. The van der Waals surface area contributed by atoms with Gasteiger partial charge in [-0.3, -0.25) is 0 Å². The second-order valence-electron chi connectivity index (χ2n) is 4.30. The Morgan fingerprint density at radius 1 is 1.38 bits per heavy atom. The summed E-state index contributed by atoms with van der Waals surface area (Å²) in [4.78, 5) is 4.40. The highest BCUT2D eigenvalue weighted by molar-refractivity contribution is 4.92. The second-order valence-corrected chi connectivity index (χ2v) is 4.30. The van der Waals surface area contributed by atoms with Gasteiger partial charge in [0, 0.05) is 31.4 Å². The SMILES string of the molecule is CCCC(CCCc1nccn1CC)NC. The molecule has 3 heteroatoms. The fourth-order valence-corrected chi connectivity index (χ4v) is 2.14. The van der Waals surface area contributed by atoms with Crippen LogP contribution in [0.25, 0.3) is 0 Å². The number of aryl methyl sites for hydroxylation is 2. The quantitative estimate of drug-likeness (QED) is 0.734. The molecule has 0 aromatic carbocycles. The summed E-state index contributed by atoms with van der Waals surface area (Å²) in [6.07, 6.45) is 10.1. The van der Waals surface area contributed by atoms with Gasteiger partial charge in [-0.2, -0.15) is 0 Å². The molecule has 0 amide bonds. The van der Waals surface area contributed by atoms with Crippen LogP contribution in [0.5, 0.6) is 0 Å². The van der Waals surface area contributed by atoms with Crippen molar-refractivity contribution in [3.8, 4) is 0 Å². The van der Waals surface area contributed by atoms with Crippen LogP contribution in [0, 0.1) is 0 Å². The van der Waals surface area contributed by atoms with E-state index in [2.05, 4.69) is 42.0 Å². The lowest BCUT2D eigenvalue weighted by molar-refractivity contribution is 0.465. The van der Waals surface area contributed by atoms with Crippen molar-refractivity contribution in [3.63, 3.8) is 0 Å². The Morgan fingerprint density at radius 3 is 2.81 bits per heavy atom. The van der Waals surface area contributed by atoms with Gasteiger partial charge in [-0.15, -0.1) is 0 Å². The maximum Gasteiger partial charge on any atom is 0.108 e. The van der Waals surface area contributed by atoms with Gasteiger partial charge in [0.1, 0.15) is 5.82 Å². The van der Waals surface area contributed by atoms with Gasteiger partial charge < -0.3 is 9.88 Å². The van der Waals surface area contributed by atoms with E-state index < -0.39 is 0 Å². The fourth-order valence-electron chi connectivity index (χ4n) is 2.14. The van der Waals surface area contributed by atoms with E-state index in [1.54, 1.807) is 0 Å². The fraction of sp³-hybridized carbons (Fsp3) is 0.769. The van der Waals surface area contributed by atoms with Crippen molar-refractivity contribution >= 4 is 0 Å². The van der Waals surface area contributed by atoms with Gasteiger partial charge in [-0.25, -0.2) is 4.98 Å². The second kappa shape index (κ2) is 7.44. The minimum atomic E-state index is 0.676. The van der Waals surface area contributed by atoms with Crippen molar-refractivity contribution < 1.29 is 0 Å². The molecule has 1 aromatic heterocycles. The Hall–Kier alpha value is -0.830. The summed E-state index contributed by atoms with van der Waals surface area (Å²) in [5, 5.41) is 3.38. The van der Waals surface area contributed by atoms with Crippen molar-refractivity contribution in [1.29, 1.82) is 0 Å². The van der Waals surface area contributed by atoms with Crippen LogP contribution >= 0.6 is 0 Å². The summed E-state index contributed by atoms with van der Waals surface area (Å²) in [5.74, 6) is 1.23. The molecule has 1 rings (SSSR count). The summed E-state index contributed by atoms with van der Waals surface area (Å²) in [6, 6.07) is 0.676. The summed E-state index contributed by atoms with van der Waals surface area (Å²) in [5.41, 5.74) is 0. The van der Waals surface area contributed by atoms with Gasteiger partial charge in [0.2, 0.25) is 0 Å². The van der Waals surface area contributed by atoms with E-state index in [-0.39, 0.29) is 0 Å². The van der Waals surface area contributed by atoms with E-state index in [0.717, 1.165) is 13.0 Å². The normalized spacial score (nSPS) is 12.9. The van der Waals surface area contributed by atoms with E-state index >= 15 is 0 Å². The van der Waals surface area contributed by atoms with Gasteiger partial charge in [0.25, 0.3) is 0 Å². The highest BCUT2D eigenvalue weighted by Crippen LogP contribution is 2.08. The molecular weight excluding hydrogens is 198 g/mol. The third-order valence-electron chi connectivity index (χ3n) is 3.14. The van der Waals surface area contributed by atoms with Crippen molar-refractivity contribution in [2.75, 3.05) is 7.05 Å². The van der Waals surface area contributed by atoms with Gasteiger partial charge in [0.15, 0.2) is 0 Å². The summed E-state index contributed by atoms with van der Waals surface area (Å²) in [6.45, 7) is 5.44. The van der Waals surface area contributed by atoms with Crippen molar-refractivity contribution in [1.82, 2.24) is 14.9 Å². The average molecular weight is 223 g/mol. The topological polar surface area (TPSA) is 29.9 Å². The minimum absolute atomic E-state index is 0.676. The highest BCUT2D eigenvalue weighted by atomic mass is 15.0. The Bertz CT molecular complexity index is 280. The molecule has 1 atom stereocenters. The van der Waals surface area contributed by atoms with Crippen LogP contribution in [0.15, 0.2) is 12.4 Å². The van der Waals surface area contributed by atoms with Crippen molar-refractivity contribution in [2.45, 2.75) is 58.5 Å². The zero-order valence-electron chi connectivity index (χ0n) is 10.9. The maximum absolute atomic E-state index is 4.40. The number of aromatic nitrogens is 2.